The van der Waals surface area contributed by atoms with Crippen LogP contribution in [0.1, 0.15) is 6.92 Å². The third-order valence-corrected chi connectivity index (χ3v) is 1.96. The Bertz CT molecular complexity index is 175. The molecule has 0 heterocycles. The number of rotatable bonds is 6. The number of amides is 1. The predicted octanol–water partition coefficient (Wildman–Crippen LogP) is 0.965. The van der Waals surface area contributed by atoms with Crippen molar-refractivity contribution >= 4 is 17.7 Å². The van der Waals surface area contributed by atoms with Gasteiger partial charge < -0.3 is 10.6 Å². The highest BCUT2D eigenvalue weighted by atomic mass is 32.2. The van der Waals surface area contributed by atoms with Crippen LogP contribution in [-0.4, -0.2) is 36.8 Å². The van der Waals surface area contributed by atoms with Gasteiger partial charge in [-0.05, 0) is 11.8 Å². The highest BCUT2D eigenvalue weighted by molar-refractivity contribution is 8.00. The molecule has 0 atom stereocenters. The second kappa shape index (κ2) is 6.94. The summed E-state index contributed by atoms with van der Waals surface area (Å²) in [5, 5.41) is 5.30. The Kier molecular flexibility index (Phi) is 6.73. The lowest BCUT2D eigenvalue weighted by atomic mass is 10.5. The molecule has 0 saturated heterocycles. The lowest BCUT2D eigenvalue weighted by Crippen LogP contribution is -2.31. The molecule has 0 bridgehead atoms. The topological polar surface area (TPSA) is 41.1 Å². The van der Waals surface area contributed by atoms with Gasteiger partial charge in [0.2, 0.25) is 5.91 Å². The van der Waals surface area contributed by atoms with Gasteiger partial charge in [0.25, 0.3) is 0 Å². The Morgan fingerprint density at radius 1 is 1.29 bits per heavy atom. The van der Waals surface area contributed by atoms with Gasteiger partial charge in [-0.15, -0.1) is 0 Å². The molecule has 7 heteroatoms. The normalized spacial score (nSPS) is 11.4. The van der Waals surface area contributed by atoms with Gasteiger partial charge in [-0.3, -0.25) is 4.79 Å². The fraction of sp³-hybridized carbons (Fsp3) is 0.857. The Labute approximate surface area is 84.8 Å². The highest BCUT2D eigenvalue weighted by Gasteiger charge is 2.27. The maximum Gasteiger partial charge on any atom is 0.441 e. The number of carbonyl (C=O) groups excluding carboxylic acids is 1. The van der Waals surface area contributed by atoms with Gasteiger partial charge in [0.05, 0.1) is 0 Å². The zero-order valence-corrected chi connectivity index (χ0v) is 8.60. The van der Waals surface area contributed by atoms with Crippen LogP contribution in [0.5, 0.6) is 0 Å². The SMILES string of the molecule is CC(=O)NCCNCCSC(F)(F)F. The number of halogens is 3. The third-order valence-electron chi connectivity index (χ3n) is 1.22. The minimum atomic E-state index is -4.15. The van der Waals surface area contributed by atoms with E-state index in [9.17, 15) is 18.0 Å². The Hall–Kier alpha value is -0.430. The molecule has 14 heavy (non-hydrogen) atoms. The molecule has 0 aliphatic carbocycles. The smallest absolute Gasteiger partial charge is 0.355 e. The van der Waals surface area contributed by atoms with Crippen LogP contribution in [0.3, 0.4) is 0 Å². The molecule has 0 aliphatic heterocycles. The van der Waals surface area contributed by atoms with Crippen LogP contribution in [0, 0.1) is 0 Å². The summed E-state index contributed by atoms with van der Waals surface area (Å²) in [6.45, 7) is 2.59. The summed E-state index contributed by atoms with van der Waals surface area (Å²) in [5.74, 6) is -0.153. The van der Waals surface area contributed by atoms with Gasteiger partial charge in [0.15, 0.2) is 0 Å². The first-order valence-corrected chi connectivity index (χ1v) is 5.06. The van der Waals surface area contributed by atoms with Gasteiger partial charge in [0, 0.05) is 32.3 Å². The first-order valence-electron chi connectivity index (χ1n) is 4.07. The van der Waals surface area contributed by atoms with E-state index in [1.807, 2.05) is 0 Å². The first kappa shape index (κ1) is 13.6. The predicted molar refractivity (Wildman–Crippen MR) is 50.1 cm³/mol. The van der Waals surface area contributed by atoms with Crippen molar-refractivity contribution in [3.63, 3.8) is 0 Å². The van der Waals surface area contributed by atoms with E-state index in [-0.39, 0.29) is 30.0 Å². The van der Waals surface area contributed by atoms with Crippen molar-refractivity contribution in [3.8, 4) is 0 Å². The van der Waals surface area contributed by atoms with Gasteiger partial charge >= 0.3 is 5.51 Å². The van der Waals surface area contributed by atoms with E-state index >= 15 is 0 Å². The summed E-state index contributed by atoms with van der Waals surface area (Å²) < 4.78 is 34.8. The molecule has 0 aliphatic rings. The van der Waals surface area contributed by atoms with Crippen molar-refractivity contribution in [1.29, 1.82) is 0 Å². The summed E-state index contributed by atoms with van der Waals surface area (Å²) in [7, 11) is 0. The van der Waals surface area contributed by atoms with E-state index in [2.05, 4.69) is 10.6 Å². The minimum Gasteiger partial charge on any atom is -0.355 e. The monoisotopic (exact) mass is 230 g/mol. The molecular formula is C7H13F3N2OS. The summed E-state index contributed by atoms with van der Waals surface area (Å²) in [5.41, 5.74) is -4.15. The second-order valence-electron chi connectivity index (χ2n) is 2.53. The molecule has 3 nitrogen and oxygen atoms in total. The van der Waals surface area contributed by atoms with Crippen LogP contribution in [-0.2, 0) is 4.79 Å². The first-order chi connectivity index (χ1) is 6.42. The van der Waals surface area contributed by atoms with Crippen molar-refractivity contribution in [2.24, 2.45) is 0 Å². The summed E-state index contributed by atoms with van der Waals surface area (Å²) in [6, 6.07) is 0. The maximum absolute atomic E-state index is 11.6. The Balaban J connectivity index is 3.11. The van der Waals surface area contributed by atoms with Crippen LogP contribution in [0.15, 0.2) is 0 Å². The van der Waals surface area contributed by atoms with Crippen LogP contribution in [0.4, 0.5) is 13.2 Å². The fourth-order valence-electron chi connectivity index (χ4n) is 0.691. The van der Waals surface area contributed by atoms with E-state index in [0.717, 1.165) is 0 Å². The largest absolute Gasteiger partial charge is 0.441 e. The molecule has 1 amide bonds. The molecule has 84 valence electrons. The molecule has 0 spiro atoms. The van der Waals surface area contributed by atoms with Crippen molar-refractivity contribution in [1.82, 2.24) is 10.6 Å². The molecule has 0 aromatic rings. The Morgan fingerprint density at radius 3 is 2.43 bits per heavy atom. The average molecular weight is 230 g/mol. The van der Waals surface area contributed by atoms with Crippen molar-refractivity contribution < 1.29 is 18.0 Å². The van der Waals surface area contributed by atoms with Crippen LogP contribution in [0.25, 0.3) is 0 Å². The summed E-state index contributed by atoms with van der Waals surface area (Å²) >= 11 is -0.0519. The molecule has 0 unspecified atom stereocenters. The van der Waals surface area contributed by atoms with E-state index < -0.39 is 5.51 Å². The van der Waals surface area contributed by atoms with Gasteiger partial charge in [-0.1, -0.05) is 0 Å². The lowest BCUT2D eigenvalue weighted by Gasteiger charge is -2.06. The van der Waals surface area contributed by atoms with E-state index in [0.29, 0.717) is 13.1 Å². The number of hydrogen-bond donors (Lipinski definition) is 2. The number of hydrogen-bond acceptors (Lipinski definition) is 3. The molecule has 0 rings (SSSR count). The number of nitrogens with one attached hydrogen (secondary N) is 2. The second-order valence-corrected chi connectivity index (χ2v) is 3.69. The summed E-state index contributed by atoms with van der Waals surface area (Å²) in [4.78, 5) is 10.4. The fourth-order valence-corrected chi connectivity index (χ4v) is 1.17. The lowest BCUT2D eigenvalue weighted by molar-refractivity contribution is -0.118. The molecule has 0 aromatic heterocycles. The van der Waals surface area contributed by atoms with Crippen LogP contribution in [0.2, 0.25) is 0 Å². The maximum atomic E-state index is 11.6. The van der Waals surface area contributed by atoms with Gasteiger partial charge in [-0.2, -0.15) is 13.2 Å². The number of carbonyl (C=O) groups is 1. The van der Waals surface area contributed by atoms with Crippen molar-refractivity contribution in [2.75, 3.05) is 25.4 Å². The molecule has 0 radical (unpaired) electrons. The van der Waals surface area contributed by atoms with Crippen molar-refractivity contribution in [2.45, 2.75) is 12.4 Å². The van der Waals surface area contributed by atoms with Crippen molar-refractivity contribution in [3.05, 3.63) is 0 Å². The van der Waals surface area contributed by atoms with E-state index in [4.69, 9.17) is 0 Å². The quantitative estimate of drug-likeness (QED) is 0.668. The number of alkyl halides is 3. The molecule has 0 aromatic carbocycles. The van der Waals surface area contributed by atoms with Gasteiger partial charge in [-0.25, -0.2) is 0 Å². The summed E-state index contributed by atoms with van der Waals surface area (Å²) in [6.07, 6.45) is 0. The molecule has 0 saturated carbocycles. The Morgan fingerprint density at radius 2 is 1.93 bits per heavy atom. The highest BCUT2D eigenvalue weighted by Crippen LogP contribution is 2.29. The minimum absolute atomic E-state index is 0.0103. The van der Waals surface area contributed by atoms with Gasteiger partial charge in [0.1, 0.15) is 0 Å². The van der Waals surface area contributed by atoms with Crippen LogP contribution < -0.4 is 10.6 Å². The molecule has 0 fully saturated rings. The zero-order chi connectivity index (χ0) is 11.0. The van der Waals surface area contributed by atoms with E-state index in [1.54, 1.807) is 0 Å². The molecular weight excluding hydrogens is 217 g/mol. The van der Waals surface area contributed by atoms with Crippen LogP contribution >= 0.6 is 11.8 Å². The molecule has 2 N–H and O–H groups in total. The van der Waals surface area contributed by atoms with E-state index in [1.165, 1.54) is 6.92 Å². The standard InChI is InChI=1S/C7H13F3N2OS/c1-6(13)12-3-2-11-4-5-14-7(8,9)10/h11H,2-5H2,1H3,(H,12,13). The third kappa shape index (κ3) is 11.6. The average Bonchev–Trinajstić information content (AvgIpc) is 2.00. The number of thioether (sulfide) groups is 1. The zero-order valence-electron chi connectivity index (χ0n) is 7.78.